The van der Waals surface area contributed by atoms with Crippen LogP contribution in [0.5, 0.6) is 0 Å². The quantitative estimate of drug-likeness (QED) is 0.308. The van der Waals surface area contributed by atoms with Gasteiger partial charge in [0.2, 0.25) is 0 Å². The molecule has 3 heteroatoms. The Hall–Kier alpha value is -1.51. The molecular formula is C23H39NO2. The fourth-order valence-electron chi connectivity index (χ4n) is 3.23. The number of carboxylic acids is 1. The number of unbranched alkanes of at least 4 members (excludes halogenated alkanes) is 10. The number of nitrogens with one attached hydrogen (secondary N) is 1. The fraction of sp³-hybridized carbons (Fsp3) is 0.696. The summed E-state index contributed by atoms with van der Waals surface area (Å²) in [6.45, 7) is 5.59. The molecule has 26 heavy (non-hydrogen) atoms. The van der Waals surface area contributed by atoms with Crippen LogP contribution in [0, 0.1) is 5.92 Å². The standard InChI is InChI=1S/C23H39NO2/c1-20(2)14-12-10-8-6-4-3-5-7-9-11-13-19-24-22-17-15-21(16-18-22)23(25)26/h15-18,20,24H,3-14,19H2,1-2H3,(H,25,26). The first-order valence-electron chi connectivity index (χ1n) is 10.7. The Bertz CT molecular complexity index is 468. The number of carboxylic acid groups (broad SMARTS) is 1. The maximum atomic E-state index is 10.8. The minimum absolute atomic E-state index is 0.339. The van der Waals surface area contributed by atoms with Crippen LogP contribution < -0.4 is 5.32 Å². The molecule has 1 rings (SSSR count). The van der Waals surface area contributed by atoms with Gasteiger partial charge >= 0.3 is 5.97 Å². The number of hydrogen-bond acceptors (Lipinski definition) is 2. The summed E-state index contributed by atoms with van der Waals surface area (Å²) in [6.07, 6.45) is 16.4. The zero-order chi connectivity index (χ0) is 19.0. The van der Waals surface area contributed by atoms with Crippen LogP contribution >= 0.6 is 0 Å². The van der Waals surface area contributed by atoms with Crippen molar-refractivity contribution in [1.82, 2.24) is 0 Å². The van der Waals surface area contributed by atoms with E-state index in [9.17, 15) is 4.79 Å². The van der Waals surface area contributed by atoms with E-state index in [2.05, 4.69) is 19.2 Å². The fourth-order valence-corrected chi connectivity index (χ4v) is 3.23. The van der Waals surface area contributed by atoms with Gasteiger partial charge in [-0.25, -0.2) is 4.79 Å². The molecule has 0 saturated heterocycles. The summed E-state index contributed by atoms with van der Waals surface area (Å²) in [7, 11) is 0. The van der Waals surface area contributed by atoms with Crippen LogP contribution in [0.2, 0.25) is 0 Å². The van der Waals surface area contributed by atoms with Crippen LogP contribution in [-0.4, -0.2) is 17.6 Å². The molecule has 0 radical (unpaired) electrons. The Labute approximate surface area is 160 Å². The zero-order valence-corrected chi connectivity index (χ0v) is 16.9. The van der Waals surface area contributed by atoms with Crippen LogP contribution in [0.4, 0.5) is 5.69 Å². The van der Waals surface area contributed by atoms with E-state index in [1.165, 1.54) is 77.0 Å². The van der Waals surface area contributed by atoms with Gasteiger partial charge in [0.1, 0.15) is 0 Å². The first kappa shape index (κ1) is 22.5. The highest BCUT2D eigenvalue weighted by molar-refractivity contribution is 5.87. The average Bonchev–Trinajstić information content (AvgIpc) is 2.62. The first-order valence-corrected chi connectivity index (χ1v) is 10.7. The molecule has 2 N–H and O–H groups in total. The highest BCUT2D eigenvalue weighted by Crippen LogP contribution is 2.14. The third-order valence-electron chi connectivity index (χ3n) is 4.92. The second-order valence-electron chi connectivity index (χ2n) is 7.88. The molecule has 1 aromatic rings. The average molecular weight is 362 g/mol. The molecular weight excluding hydrogens is 322 g/mol. The molecule has 0 aliphatic rings. The highest BCUT2D eigenvalue weighted by Gasteiger charge is 2.01. The summed E-state index contributed by atoms with van der Waals surface area (Å²) in [4.78, 5) is 10.8. The van der Waals surface area contributed by atoms with Crippen LogP contribution in [0.3, 0.4) is 0 Å². The van der Waals surface area contributed by atoms with E-state index in [1.54, 1.807) is 12.1 Å². The maximum Gasteiger partial charge on any atom is 0.335 e. The van der Waals surface area contributed by atoms with Crippen molar-refractivity contribution in [3.05, 3.63) is 29.8 Å². The summed E-state index contributed by atoms with van der Waals surface area (Å²) < 4.78 is 0. The maximum absolute atomic E-state index is 10.8. The lowest BCUT2D eigenvalue weighted by Crippen LogP contribution is -2.02. The molecule has 0 heterocycles. The number of rotatable bonds is 16. The Morgan fingerprint density at radius 3 is 1.73 bits per heavy atom. The number of carbonyl (C=O) groups is 1. The molecule has 1 aromatic carbocycles. The predicted octanol–water partition coefficient (Wildman–Crippen LogP) is 7.13. The molecule has 3 nitrogen and oxygen atoms in total. The Kier molecular flexibility index (Phi) is 12.7. The molecule has 0 amide bonds. The number of hydrogen-bond donors (Lipinski definition) is 2. The zero-order valence-electron chi connectivity index (χ0n) is 16.9. The van der Waals surface area contributed by atoms with Gasteiger partial charge in [0.25, 0.3) is 0 Å². The van der Waals surface area contributed by atoms with Gasteiger partial charge in [-0.1, -0.05) is 84.5 Å². The van der Waals surface area contributed by atoms with E-state index in [1.807, 2.05) is 12.1 Å². The topological polar surface area (TPSA) is 49.3 Å². The summed E-state index contributed by atoms with van der Waals surface area (Å²) in [5.74, 6) is -0.00893. The second kappa shape index (κ2) is 14.6. The van der Waals surface area contributed by atoms with Crippen LogP contribution in [0.1, 0.15) is 101 Å². The van der Waals surface area contributed by atoms with E-state index in [4.69, 9.17) is 5.11 Å². The number of benzene rings is 1. The summed E-state index contributed by atoms with van der Waals surface area (Å²) in [5, 5.41) is 12.2. The number of anilines is 1. The van der Waals surface area contributed by atoms with E-state index in [0.29, 0.717) is 5.56 Å². The molecule has 0 atom stereocenters. The Balaban J connectivity index is 1.84. The molecule has 0 fully saturated rings. The van der Waals surface area contributed by atoms with E-state index in [-0.39, 0.29) is 0 Å². The van der Waals surface area contributed by atoms with Crippen molar-refractivity contribution in [3.63, 3.8) is 0 Å². The molecule has 0 aromatic heterocycles. The molecule has 148 valence electrons. The molecule has 0 spiro atoms. The molecule has 0 bridgehead atoms. The van der Waals surface area contributed by atoms with Crippen molar-refractivity contribution in [3.8, 4) is 0 Å². The van der Waals surface area contributed by atoms with Crippen molar-refractivity contribution in [2.45, 2.75) is 90.9 Å². The smallest absolute Gasteiger partial charge is 0.335 e. The lowest BCUT2D eigenvalue weighted by molar-refractivity contribution is 0.0697. The monoisotopic (exact) mass is 361 g/mol. The normalized spacial score (nSPS) is 11.0. The van der Waals surface area contributed by atoms with Crippen LogP contribution in [-0.2, 0) is 0 Å². The largest absolute Gasteiger partial charge is 0.478 e. The van der Waals surface area contributed by atoms with Crippen molar-refractivity contribution < 1.29 is 9.90 Å². The van der Waals surface area contributed by atoms with Gasteiger partial charge in [-0.2, -0.15) is 0 Å². The van der Waals surface area contributed by atoms with E-state index < -0.39 is 5.97 Å². The van der Waals surface area contributed by atoms with Gasteiger partial charge < -0.3 is 10.4 Å². The van der Waals surface area contributed by atoms with Crippen LogP contribution in [0.15, 0.2) is 24.3 Å². The molecule has 0 aliphatic heterocycles. The van der Waals surface area contributed by atoms with Crippen molar-refractivity contribution in [2.24, 2.45) is 5.92 Å². The third kappa shape index (κ3) is 11.9. The second-order valence-corrected chi connectivity index (χ2v) is 7.88. The molecule has 0 aliphatic carbocycles. The highest BCUT2D eigenvalue weighted by atomic mass is 16.4. The summed E-state index contributed by atoms with van der Waals surface area (Å²) in [5.41, 5.74) is 1.34. The first-order chi connectivity index (χ1) is 12.6. The van der Waals surface area contributed by atoms with Gasteiger partial charge in [0.15, 0.2) is 0 Å². The van der Waals surface area contributed by atoms with Gasteiger partial charge in [-0.05, 0) is 36.6 Å². The minimum Gasteiger partial charge on any atom is -0.478 e. The number of aromatic carboxylic acids is 1. The van der Waals surface area contributed by atoms with E-state index in [0.717, 1.165) is 18.2 Å². The van der Waals surface area contributed by atoms with Gasteiger partial charge in [0, 0.05) is 12.2 Å². The van der Waals surface area contributed by atoms with Crippen molar-refractivity contribution in [1.29, 1.82) is 0 Å². The van der Waals surface area contributed by atoms with Crippen molar-refractivity contribution >= 4 is 11.7 Å². The lowest BCUT2D eigenvalue weighted by atomic mass is 10.0. The van der Waals surface area contributed by atoms with Crippen LogP contribution in [0.25, 0.3) is 0 Å². The van der Waals surface area contributed by atoms with Gasteiger partial charge in [0.05, 0.1) is 5.56 Å². The van der Waals surface area contributed by atoms with Gasteiger partial charge in [-0.3, -0.25) is 0 Å². The lowest BCUT2D eigenvalue weighted by Gasteiger charge is -2.07. The SMILES string of the molecule is CC(C)CCCCCCCCCCCCCNc1ccc(C(=O)O)cc1. The Morgan fingerprint density at radius 1 is 0.808 bits per heavy atom. The molecule has 0 unspecified atom stereocenters. The van der Waals surface area contributed by atoms with Gasteiger partial charge in [-0.15, -0.1) is 0 Å². The molecule has 0 saturated carbocycles. The summed E-state index contributed by atoms with van der Waals surface area (Å²) >= 11 is 0. The Morgan fingerprint density at radius 2 is 1.27 bits per heavy atom. The van der Waals surface area contributed by atoms with Crippen molar-refractivity contribution in [2.75, 3.05) is 11.9 Å². The third-order valence-corrected chi connectivity index (χ3v) is 4.92. The predicted molar refractivity (Wildman–Crippen MR) is 112 cm³/mol. The summed E-state index contributed by atoms with van der Waals surface area (Å²) in [6, 6.07) is 6.97. The minimum atomic E-state index is -0.873. The van der Waals surface area contributed by atoms with E-state index >= 15 is 0 Å².